The molecule has 2 saturated heterocycles. The van der Waals surface area contributed by atoms with Crippen LogP contribution in [0.3, 0.4) is 0 Å². The Kier molecular flexibility index (Phi) is 7.19. The summed E-state index contributed by atoms with van der Waals surface area (Å²) in [6.07, 6.45) is 4.69. The molecule has 32 heavy (non-hydrogen) atoms. The number of amides is 2. The van der Waals surface area contributed by atoms with Gasteiger partial charge in [0.25, 0.3) is 0 Å². The number of carbonyl (C=O) groups is 1. The van der Waals surface area contributed by atoms with Crippen molar-refractivity contribution in [2.24, 2.45) is 5.73 Å². The maximum atomic E-state index is 12.6. The number of nitrogens with two attached hydrogens (primary N) is 1. The van der Waals surface area contributed by atoms with E-state index in [0.29, 0.717) is 25.2 Å². The minimum atomic E-state index is -0.424. The van der Waals surface area contributed by atoms with Gasteiger partial charge in [-0.2, -0.15) is 4.98 Å². The summed E-state index contributed by atoms with van der Waals surface area (Å²) in [6.45, 7) is 7.07. The summed E-state index contributed by atoms with van der Waals surface area (Å²) in [4.78, 5) is 33.4. The van der Waals surface area contributed by atoms with E-state index in [4.69, 9.17) is 5.73 Å². The molecule has 0 radical (unpaired) electrons. The Morgan fingerprint density at radius 2 is 1.94 bits per heavy atom. The van der Waals surface area contributed by atoms with Crippen LogP contribution in [0.4, 0.5) is 10.6 Å². The Balaban J connectivity index is 1.37. The second kappa shape index (κ2) is 10.2. The average molecular weight is 440 g/mol. The van der Waals surface area contributed by atoms with Crippen LogP contribution in [-0.4, -0.2) is 70.2 Å². The highest BCUT2D eigenvalue weighted by atomic mass is 16.2. The van der Waals surface area contributed by atoms with Gasteiger partial charge in [0, 0.05) is 44.5 Å². The van der Waals surface area contributed by atoms with Crippen molar-refractivity contribution in [2.75, 3.05) is 38.0 Å². The molecule has 172 valence electrons. The number of nitrogens with one attached hydrogen (secondary N) is 2. The van der Waals surface area contributed by atoms with Crippen molar-refractivity contribution in [3.05, 3.63) is 52.6 Å². The normalized spacial score (nSPS) is 20.3. The zero-order valence-electron chi connectivity index (χ0n) is 18.7. The zero-order chi connectivity index (χ0) is 22.5. The minimum absolute atomic E-state index is 0.224. The number of aromatic nitrogens is 2. The molecule has 9 heteroatoms. The van der Waals surface area contributed by atoms with Crippen LogP contribution >= 0.6 is 0 Å². The fraction of sp³-hybridized carbons (Fsp3) is 0.522. The van der Waals surface area contributed by atoms with Gasteiger partial charge in [-0.25, -0.2) is 9.59 Å². The molecule has 4 N–H and O–H groups in total. The van der Waals surface area contributed by atoms with Crippen LogP contribution < -0.4 is 22.1 Å². The molecule has 2 aliphatic heterocycles. The predicted octanol–water partition coefficient (Wildman–Crippen LogP) is 1.37. The molecule has 2 aromatic rings. The number of piperidine rings is 1. The highest BCUT2D eigenvalue weighted by Crippen LogP contribution is 2.15. The van der Waals surface area contributed by atoms with Crippen LogP contribution in [0, 0.1) is 0 Å². The molecule has 3 heterocycles. The first-order valence-corrected chi connectivity index (χ1v) is 11.5. The summed E-state index contributed by atoms with van der Waals surface area (Å²) in [5, 5.41) is 6.14. The first-order chi connectivity index (χ1) is 15.5. The lowest BCUT2D eigenvalue weighted by Gasteiger charge is -2.33. The molecule has 1 unspecified atom stereocenters. The summed E-state index contributed by atoms with van der Waals surface area (Å²) in [6, 6.07) is 10.00. The van der Waals surface area contributed by atoms with Gasteiger partial charge in [0.15, 0.2) is 0 Å². The Hall–Kier alpha value is -2.75. The van der Waals surface area contributed by atoms with Crippen LogP contribution in [0.15, 0.2) is 41.3 Å². The first kappa shape index (κ1) is 22.4. The van der Waals surface area contributed by atoms with Crippen LogP contribution in [-0.2, 0) is 6.54 Å². The molecule has 1 aromatic heterocycles. The predicted molar refractivity (Wildman–Crippen MR) is 125 cm³/mol. The number of carbonyl (C=O) groups excluding carboxylic acids is 1. The van der Waals surface area contributed by atoms with E-state index in [0.717, 1.165) is 51.1 Å². The zero-order valence-corrected chi connectivity index (χ0v) is 18.7. The van der Waals surface area contributed by atoms with Crippen LogP contribution in [0.5, 0.6) is 0 Å². The van der Waals surface area contributed by atoms with Crippen LogP contribution in [0.25, 0.3) is 5.69 Å². The van der Waals surface area contributed by atoms with Gasteiger partial charge in [0.1, 0.15) is 5.82 Å². The summed E-state index contributed by atoms with van der Waals surface area (Å²) in [7, 11) is 0. The molecule has 0 spiro atoms. The van der Waals surface area contributed by atoms with Crippen molar-refractivity contribution < 1.29 is 4.79 Å². The summed E-state index contributed by atoms with van der Waals surface area (Å²) >= 11 is 0. The Morgan fingerprint density at radius 1 is 1.19 bits per heavy atom. The number of likely N-dealkylation sites (tertiary alicyclic amines) is 1. The lowest BCUT2D eigenvalue weighted by Crippen LogP contribution is -2.53. The van der Waals surface area contributed by atoms with Crippen molar-refractivity contribution in [1.82, 2.24) is 24.7 Å². The van der Waals surface area contributed by atoms with Gasteiger partial charge in [-0.05, 0) is 56.1 Å². The molecule has 4 rings (SSSR count). The van der Waals surface area contributed by atoms with E-state index < -0.39 is 5.69 Å². The number of anilines is 1. The summed E-state index contributed by atoms with van der Waals surface area (Å²) in [5.74, 6) is 0.266. The second-order valence-electron chi connectivity index (χ2n) is 8.68. The fourth-order valence-corrected chi connectivity index (χ4v) is 4.27. The lowest BCUT2D eigenvalue weighted by molar-refractivity contribution is 0.188. The molecular formula is C23H33N7O2. The van der Waals surface area contributed by atoms with Gasteiger partial charge in [-0.3, -0.25) is 14.8 Å². The Labute approximate surface area is 188 Å². The van der Waals surface area contributed by atoms with Gasteiger partial charge >= 0.3 is 11.7 Å². The molecule has 0 saturated carbocycles. The summed E-state index contributed by atoms with van der Waals surface area (Å²) in [5.41, 5.74) is 7.51. The molecule has 9 nitrogen and oxygen atoms in total. The molecule has 2 amide bonds. The van der Waals surface area contributed by atoms with Gasteiger partial charge in [0.2, 0.25) is 0 Å². The number of piperazine rings is 1. The standard InChI is InChI=1S/C23H33N7O2/c1-2-19-16-29(14-10-25-19)22(31)26-21-9-13-30(23(32)27-21)20-5-3-17(4-6-20)15-28-11-7-18(24)8-12-28/h3-6,9,13,18-19,25H,2,7-8,10-12,14-16,24H2,1H3,(H,26,27,31,32). The number of hydrogen-bond acceptors (Lipinski definition) is 6. The van der Waals surface area contributed by atoms with E-state index in [1.165, 1.54) is 10.1 Å². The molecule has 2 aliphatic rings. The van der Waals surface area contributed by atoms with Crippen molar-refractivity contribution in [3.63, 3.8) is 0 Å². The number of nitrogens with zero attached hydrogens (tertiary/aromatic N) is 4. The van der Waals surface area contributed by atoms with Crippen molar-refractivity contribution in [1.29, 1.82) is 0 Å². The van der Waals surface area contributed by atoms with E-state index in [1.807, 2.05) is 24.3 Å². The molecule has 1 aromatic carbocycles. The maximum Gasteiger partial charge on any atom is 0.354 e. The molecule has 1 atom stereocenters. The van der Waals surface area contributed by atoms with Crippen molar-refractivity contribution in [2.45, 2.75) is 44.8 Å². The van der Waals surface area contributed by atoms with E-state index in [9.17, 15) is 9.59 Å². The third-order valence-corrected chi connectivity index (χ3v) is 6.33. The molecule has 2 fully saturated rings. The highest BCUT2D eigenvalue weighted by molar-refractivity contribution is 5.88. The monoisotopic (exact) mass is 439 g/mol. The lowest BCUT2D eigenvalue weighted by atomic mass is 10.1. The van der Waals surface area contributed by atoms with Gasteiger partial charge in [-0.15, -0.1) is 0 Å². The topological polar surface area (TPSA) is 109 Å². The third kappa shape index (κ3) is 5.53. The van der Waals surface area contributed by atoms with E-state index in [2.05, 4.69) is 27.4 Å². The first-order valence-electron chi connectivity index (χ1n) is 11.5. The largest absolute Gasteiger partial charge is 0.354 e. The second-order valence-corrected chi connectivity index (χ2v) is 8.68. The molecular weight excluding hydrogens is 406 g/mol. The van der Waals surface area contributed by atoms with E-state index in [1.54, 1.807) is 17.2 Å². The Bertz CT molecular complexity index is 967. The van der Waals surface area contributed by atoms with Gasteiger partial charge in [-0.1, -0.05) is 19.1 Å². The molecule has 0 aliphatic carbocycles. The molecule has 0 bridgehead atoms. The number of rotatable bonds is 5. The van der Waals surface area contributed by atoms with Gasteiger partial charge < -0.3 is 16.0 Å². The van der Waals surface area contributed by atoms with E-state index in [-0.39, 0.29) is 11.8 Å². The SMILES string of the molecule is CCC1CN(C(=O)Nc2ccn(-c3ccc(CN4CCC(N)CC4)cc3)c(=O)n2)CCN1. The number of benzene rings is 1. The van der Waals surface area contributed by atoms with Crippen molar-refractivity contribution in [3.8, 4) is 5.69 Å². The van der Waals surface area contributed by atoms with E-state index >= 15 is 0 Å². The number of urea groups is 1. The Morgan fingerprint density at radius 3 is 2.62 bits per heavy atom. The quantitative estimate of drug-likeness (QED) is 0.649. The smallest absolute Gasteiger partial charge is 0.328 e. The minimum Gasteiger partial charge on any atom is -0.328 e. The van der Waals surface area contributed by atoms with Crippen LogP contribution in [0.2, 0.25) is 0 Å². The number of hydrogen-bond donors (Lipinski definition) is 3. The highest BCUT2D eigenvalue weighted by Gasteiger charge is 2.22. The van der Waals surface area contributed by atoms with Crippen LogP contribution in [0.1, 0.15) is 31.7 Å². The maximum absolute atomic E-state index is 12.6. The van der Waals surface area contributed by atoms with Gasteiger partial charge in [0.05, 0.1) is 5.69 Å². The third-order valence-electron chi connectivity index (χ3n) is 6.33. The fourth-order valence-electron chi connectivity index (χ4n) is 4.27. The summed E-state index contributed by atoms with van der Waals surface area (Å²) < 4.78 is 1.48. The van der Waals surface area contributed by atoms with Crippen molar-refractivity contribution >= 4 is 11.8 Å². The average Bonchev–Trinajstić information content (AvgIpc) is 2.81.